The van der Waals surface area contributed by atoms with Crippen LogP contribution in [0.2, 0.25) is 0 Å². The zero-order chi connectivity index (χ0) is 11.0. The summed E-state index contributed by atoms with van der Waals surface area (Å²) in [6.45, 7) is 0. The third-order valence-corrected chi connectivity index (χ3v) is 1.93. The number of anilines is 1. The molecule has 1 aromatic carbocycles. The third-order valence-electron chi connectivity index (χ3n) is 1.93. The van der Waals surface area contributed by atoms with Crippen molar-refractivity contribution in [2.75, 3.05) is 5.43 Å². The van der Waals surface area contributed by atoms with Crippen molar-refractivity contribution in [2.24, 2.45) is 0 Å². The molecule has 6 heteroatoms. The van der Waals surface area contributed by atoms with E-state index in [-0.39, 0.29) is 11.3 Å². The van der Waals surface area contributed by atoms with Crippen molar-refractivity contribution in [3.8, 4) is 0 Å². The van der Waals surface area contributed by atoms with Crippen LogP contribution in [0.25, 0.3) is 0 Å². The van der Waals surface area contributed by atoms with Gasteiger partial charge < -0.3 is 5.11 Å². The topological polar surface area (TPSA) is 88.4 Å². The summed E-state index contributed by atoms with van der Waals surface area (Å²) in [5, 5.41) is 8.80. The second-order valence-corrected chi connectivity index (χ2v) is 2.91. The second-order valence-electron chi connectivity index (χ2n) is 2.91. The van der Waals surface area contributed by atoms with E-state index in [0.717, 1.165) is 4.68 Å². The zero-order valence-electron chi connectivity index (χ0n) is 7.43. The number of nitrogens with zero attached hydrogens (tertiary/aromatic N) is 1. The number of nitrogens with one attached hydrogen (secondary N) is 1. The number of hydrogen-bond donors (Lipinski definition) is 2. The molecule has 2 aromatic rings. The summed E-state index contributed by atoms with van der Waals surface area (Å²) in [4.78, 5) is 32.1. The van der Waals surface area contributed by atoms with Crippen molar-refractivity contribution in [1.82, 2.24) is 4.68 Å². The number of carboxylic acids is 1. The molecule has 2 rings (SSSR count). The van der Waals surface area contributed by atoms with Gasteiger partial charge in [-0.25, -0.2) is 4.79 Å². The molecule has 0 atom stereocenters. The van der Waals surface area contributed by atoms with Gasteiger partial charge in [0.2, 0.25) is 0 Å². The predicted octanol–water partition coefficient (Wildman–Crippen LogP) is -0.342. The smallest absolute Gasteiger partial charge is 0.340 e. The maximum Gasteiger partial charge on any atom is 0.340 e. The number of carbonyl (C=O) groups is 1. The fourth-order valence-corrected chi connectivity index (χ4v) is 1.12. The lowest BCUT2D eigenvalue weighted by Crippen LogP contribution is -2.11. The number of aromatic carboxylic acids is 1. The number of hydrogen-bond acceptors (Lipinski definition) is 4. The Balaban J connectivity index is 2.37. The van der Waals surface area contributed by atoms with Gasteiger partial charge >= 0.3 is 17.1 Å². The van der Waals surface area contributed by atoms with Gasteiger partial charge in [0.05, 0.1) is 11.3 Å². The maximum atomic E-state index is 10.8. The van der Waals surface area contributed by atoms with Gasteiger partial charge in [0.1, 0.15) is 0 Å². The van der Waals surface area contributed by atoms with E-state index in [4.69, 9.17) is 5.11 Å². The van der Waals surface area contributed by atoms with Crippen LogP contribution in [-0.2, 0) is 0 Å². The highest BCUT2D eigenvalue weighted by Crippen LogP contribution is 2.14. The lowest BCUT2D eigenvalue weighted by molar-refractivity contribution is 0.0698. The first-order chi connectivity index (χ1) is 7.11. The van der Waals surface area contributed by atoms with Crippen LogP contribution in [0.4, 0.5) is 5.69 Å². The third kappa shape index (κ3) is 1.52. The van der Waals surface area contributed by atoms with Crippen molar-refractivity contribution in [3.63, 3.8) is 0 Å². The van der Waals surface area contributed by atoms with Gasteiger partial charge in [0.15, 0.2) is 0 Å². The van der Waals surface area contributed by atoms with E-state index in [0.29, 0.717) is 0 Å². The van der Waals surface area contributed by atoms with Crippen molar-refractivity contribution >= 4 is 11.7 Å². The molecule has 2 N–H and O–H groups in total. The molecule has 0 bridgehead atoms. The average molecular weight is 206 g/mol. The summed E-state index contributed by atoms with van der Waals surface area (Å²) >= 11 is 0. The molecule has 0 aliphatic heterocycles. The summed E-state index contributed by atoms with van der Waals surface area (Å²) in [7, 11) is 0. The monoisotopic (exact) mass is 206 g/mol. The van der Waals surface area contributed by atoms with Crippen LogP contribution >= 0.6 is 0 Å². The molecule has 0 aliphatic carbocycles. The van der Waals surface area contributed by atoms with Crippen LogP contribution < -0.4 is 16.5 Å². The Labute approximate surface area is 83.1 Å². The Kier molecular flexibility index (Phi) is 1.89. The Morgan fingerprint density at radius 1 is 1.20 bits per heavy atom. The number of rotatable bonds is 3. The fourth-order valence-electron chi connectivity index (χ4n) is 1.12. The summed E-state index contributed by atoms with van der Waals surface area (Å²) < 4.78 is 0.752. The van der Waals surface area contributed by atoms with Crippen molar-refractivity contribution in [1.29, 1.82) is 0 Å². The molecule has 0 radical (unpaired) electrons. The minimum absolute atomic E-state index is 0.00463. The first-order valence-corrected chi connectivity index (χ1v) is 4.08. The lowest BCUT2D eigenvalue weighted by atomic mass is 10.2. The van der Waals surface area contributed by atoms with Gasteiger partial charge in [0, 0.05) is 0 Å². The van der Waals surface area contributed by atoms with Crippen molar-refractivity contribution in [3.05, 3.63) is 50.5 Å². The van der Waals surface area contributed by atoms with Gasteiger partial charge in [-0.05, 0) is 12.1 Å². The Morgan fingerprint density at radius 3 is 2.33 bits per heavy atom. The van der Waals surface area contributed by atoms with Crippen LogP contribution in [0.5, 0.6) is 0 Å². The van der Waals surface area contributed by atoms with Gasteiger partial charge in [-0.1, -0.05) is 12.1 Å². The number of para-hydroxylation sites is 1. The van der Waals surface area contributed by atoms with Crippen LogP contribution in [0.3, 0.4) is 0 Å². The molecular weight excluding hydrogens is 200 g/mol. The lowest BCUT2D eigenvalue weighted by Gasteiger charge is -2.04. The summed E-state index contributed by atoms with van der Waals surface area (Å²) in [5.74, 6) is -1.13. The molecule has 6 nitrogen and oxygen atoms in total. The van der Waals surface area contributed by atoms with Gasteiger partial charge in [-0.2, -0.15) is 4.68 Å². The molecule has 0 saturated carbocycles. The second kappa shape index (κ2) is 3.09. The van der Waals surface area contributed by atoms with Crippen molar-refractivity contribution in [2.45, 2.75) is 0 Å². The van der Waals surface area contributed by atoms with E-state index < -0.39 is 17.1 Å². The summed E-state index contributed by atoms with van der Waals surface area (Å²) in [6, 6.07) is 6.01. The molecule has 15 heavy (non-hydrogen) atoms. The quantitative estimate of drug-likeness (QED) is 0.670. The van der Waals surface area contributed by atoms with E-state index in [1.54, 1.807) is 12.1 Å². The van der Waals surface area contributed by atoms with E-state index in [9.17, 15) is 14.4 Å². The van der Waals surface area contributed by atoms with Crippen LogP contribution in [0, 0.1) is 0 Å². The predicted molar refractivity (Wildman–Crippen MR) is 51.8 cm³/mol. The van der Waals surface area contributed by atoms with Crippen molar-refractivity contribution < 1.29 is 9.90 Å². The number of carboxylic acid groups (broad SMARTS) is 1. The van der Waals surface area contributed by atoms with E-state index in [1.807, 2.05) is 0 Å². The average Bonchev–Trinajstić information content (AvgIpc) is 2.76. The largest absolute Gasteiger partial charge is 0.478 e. The molecule has 1 heterocycles. The first-order valence-electron chi connectivity index (χ1n) is 4.08. The molecule has 0 saturated heterocycles. The summed E-state index contributed by atoms with van der Waals surface area (Å²) in [5.41, 5.74) is 1.29. The molecule has 0 unspecified atom stereocenters. The van der Waals surface area contributed by atoms with E-state index >= 15 is 0 Å². The summed E-state index contributed by atoms with van der Waals surface area (Å²) in [6.07, 6.45) is 0. The van der Waals surface area contributed by atoms with Crippen LogP contribution in [0.15, 0.2) is 33.9 Å². The first kappa shape index (κ1) is 9.20. The SMILES string of the molecule is O=C(O)c1ccccc1Nn1c(=O)c1=O. The molecule has 0 amide bonds. The zero-order valence-corrected chi connectivity index (χ0v) is 7.43. The highest BCUT2D eigenvalue weighted by Gasteiger charge is 2.18. The fraction of sp³-hybridized carbons (Fsp3) is 0. The minimum atomic E-state index is -1.13. The normalized spacial score (nSPS) is 10.4. The molecule has 0 fully saturated rings. The number of aromatic nitrogens is 1. The van der Waals surface area contributed by atoms with Crippen LogP contribution in [0.1, 0.15) is 10.4 Å². The molecule has 0 spiro atoms. The molecule has 76 valence electrons. The molecule has 0 aliphatic rings. The van der Waals surface area contributed by atoms with E-state index in [1.165, 1.54) is 12.1 Å². The van der Waals surface area contributed by atoms with Crippen LogP contribution in [-0.4, -0.2) is 15.8 Å². The molecular formula is C9H6N2O4. The highest BCUT2D eigenvalue weighted by atomic mass is 16.4. The highest BCUT2D eigenvalue weighted by molar-refractivity contribution is 5.94. The maximum absolute atomic E-state index is 10.8. The van der Waals surface area contributed by atoms with Gasteiger partial charge in [0.25, 0.3) is 0 Å². The molecule has 1 aromatic heterocycles. The Bertz CT molecular complexity index is 567. The minimum Gasteiger partial charge on any atom is -0.478 e. The Hall–Kier alpha value is -2.37. The standard InChI is InChI=1S/C9H6N2O4/c12-7-8(13)11(7)10-6-4-2-1-3-5(6)9(14)15/h1-4,10H,(H,14,15). The Morgan fingerprint density at radius 2 is 1.80 bits per heavy atom. The van der Waals surface area contributed by atoms with Gasteiger partial charge in [-0.15, -0.1) is 0 Å². The number of benzene rings is 1. The van der Waals surface area contributed by atoms with Gasteiger partial charge in [-0.3, -0.25) is 15.0 Å². The van der Waals surface area contributed by atoms with E-state index in [2.05, 4.69) is 5.43 Å².